The second kappa shape index (κ2) is 5.06. The van der Waals surface area contributed by atoms with Gasteiger partial charge in [0.2, 0.25) is 0 Å². The Balaban J connectivity index is 1.77. The molecule has 98 valence electrons. The molecule has 0 spiro atoms. The van der Waals surface area contributed by atoms with Crippen molar-refractivity contribution in [1.82, 2.24) is 4.90 Å². The summed E-state index contributed by atoms with van der Waals surface area (Å²) >= 11 is 0. The lowest BCUT2D eigenvalue weighted by Gasteiger charge is -2.29. The van der Waals surface area contributed by atoms with Crippen molar-refractivity contribution in [3.8, 4) is 0 Å². The van der Waals surface area contributed by atoms with Crippen LogP contribution in [0.1, 0.15) is 22.3 Å². The molecule has 3 rings (SSSR count). The third kappa shape index (κ3) is 2.49. The highest BCUT2D eigenvalue weighted by Crippen LogP contribution is 2.22. The average Bonchev–Trinajstić information content (AvgIpc) is 2.44. The zero-order valence-electron chi connectivity index (χ0n) is 11.4. The Morgan fingerprint density at radius 1 is 1.05 bits per heavy atom. The van der Waals surface area contributed by atoms with Gasteiger partial charge >= 0.3 is 0 Å². The first kappa shape index (κ1) is 12.2. The number of benzene rings is 2. The molecule has 0 radical (unpaired) electrons. The standard InChI is InChI=1S/C17H20N2/c1-13-15(7-4-8-17(13)18)11-19-10-9-14-5-2-3-6-16(14)12-19/h2-8H,9-12,18H2,1H3. The Kier molecular flexibility index (Phi) is 3.26. The Labute approximate surface area is 114 Å². The van der Waals surface area contributed by atoms with Gasteiger partial charge in [-0.25, -0.2) is 0 Å². The molecule has 0 aromatic heterocycles. The van der Waals surface area contributed by atoms with E-state index in [1.807, 2.05) is 6.07 Å². The van der Waals surface area contributed by atoms with Crippen molar-refractivity contribution in [2.24, 2.45) is 0 Å². The van der Waals surface area contributed by atoms with Crippen molar-refractivity contribution in [3.05, 3.63) is 64.7 Å². The van der Waals surface area contributed by atoms with Crippen LogP contribution in [0.2, 0.25) is 0 Å². The van der Waals surface area contributed by atoms with E-state index in [0.717, 1.165) is 31.7 Å². The molecule has 19 heavy (non-hydrogen) atoms. The van der Waals surface area contributed by atoms with Crippen LogP contribution in [0.3, 0.4) is 0 Å². The van der Waals surface area contributed by atoms with Crippen LogP contribution in [-0.2, 0) is 19.5 Å². The third-order valence-electron chi connectivity index (χ3n) is 4.09. The molecule has 0 aliphatic carbocycles. The fourth-order valence-electron chi connectivity index (χ4n) is 2.80. The summed E-state index contributed by atoms with van der Waals surface area (Å²) in [5.74, 6) is 0. The number of anilines is 1. The molecule has 2 N–H and O–H groups in total. The van der Waals surface area contributed by atoms with Gasteiger partial charge < -0.3 is 5.73 Å². The molecule has 0 saturated heterocycles. The normalized spacial score (nSPS) is 15.2. The number of fused-ring (bicyclic) bond motifs is 1. The first-order valence-electron chi connectivity index (χ1n) is 6.87. The molecule has 2 nitrogen and oxygen atoms in total. The van der Waals surface area contributed by atoms with E-state index in [9.17, 15) is 0 Å². The van der Waals surface area contributed by atoms with E-state index in [1.165, 1.54) is 22.3 Å². The maximum absolute atomic E-state index is 5.98. The molecule has 2 aromatic carbocycles. The molecule has 0 unspecified atom stereocenters. The molecule has 2 heteroatoms. The molecule has 1 aliphatic heterocycles. The quantitative estimate of drug-likeness (QED) is 0.832. The van der Waals surface area contributed by atoms with Crippen molar-refractivity contribution < 1.29 is 0 Å². The Bertz CT molecular complexity index is 590. The predicted molar refractivity (Wildman–Crippen MR) is 79.9 cm³/mol. The fourth-order valence-corrected chi connectivity index (χ4v) is 2.80. The summed E-state index contributed by atoms with van der Waals surface area (Å²) in [6.45, 7) is 5.28. The van der Waals surface area contributed by atoms with Crippen LogP contribution in [0.5, 0.6) is 0 Å². The summed E-state index contributed by atoms with van der Waals surface area (Å²) in [4.78, 5) is 2.50. The largest absolute Gasteiger partial charge is 0.399 e. The highest BCUT2D eigenvalue weighted by molar-refractivity contribution is 5.50. The Morgan fingerprint density at radius 3 is 2.68 bits per heavy atom. The van der Waals surface area contributed by atoms with E-state index in [4.69, 9.17) is 5.73 Å². The molecule has 2 aromatic rings. The maximum atomic E-state index is 5.98. The second-order valence-corrected chi connectivity index (χ2v) is 5.36. The smallest absolute Gasteiger partial charge is 0.0346 e. The van der Waals surface area contributed by atoms with E-state index < -0.39 is 0 Å². The molecule has 0 bridgehead atoms. The number of hydrogen-bond donors (Lipinski definition) is 1. The minimum absolute atomic E-state index is 0.898. The van der Waals surface area contributed by atoms with E-state index in [-0.39, 0.29) is 0 Å². The van der Waals surface area contributed by atoms with Crippen LogP contribution in [0, 0.1) is 6.92 Å². The topological polar surface area (TPSA) is 29.3 Å². The number of nitrogens with two attached hydrogens (primary N) is 1. The third-order valence-corrected chi connectivity index (χ3v) is 4.09. The summed E-state index contributed by atoms with van der Waals surface area (Å²) in [7, 11) is 0. The lowest BCUT2D eigenvalue weighted by molar-refractivity contribution is 0.245. The van der Waals surface area contributed by atoms with Crippen molar-refractivity contribution in [1.29, 1.82) is 0 Å². The van der Waals surface area contributed by atoms with Crippen LogP contribution >= 0.6 is 0 Å². The van der Waals surface area contributed by atoms with Gasteiger partial charge in [0.1, 0.15) is 0 Å². The molecule has 1 aliphatic rings. The molecule has 0 fully saturated rings. The number of nitrogens with zero attached hydrogens (tertiary/aromatic N) is 1. The van der Waals surface area contributed by atoms with Crippen LogP contribution in [0.4, 0.5) is 5.69 Å². The number of hydrogen-bond acceptors (Lipinski definition) is 2. The van der Waals surface area contributed by atoms with Gasteiger partial charge in [0.05, 0.1) is 0 Å². The van der Waals surface area contributed by atoms with Crippen LogP contribution in [0.25, 0.3) is 0 Å². The van der Waals surface area contributed by atoms with Crippen molar-refractivity contribution in [3.63, 3.8) is 0 Å². The minimum atomic E-state index is 0.898. The molecule has 0 atom stereocenters. The van der Waals surface area contributed by atoms with Gasteiger partial charge in [0.25, 0.3) is 0 Å². The molecule has 0 saturated carbocycles. The van der Waals surface area contributed by atoms with E-state index in [1.54, 1.807) is 0 Å². The van der Waals surface area contributed by atoms with Crippen molar-refractivity contribution in [2.45, 2.75) is 26.4 Å². The molecular formula is C17H20N2. The zero-order chi connectivity index (χ0) is 13.2. The number of nitrogen functional groups attached to an aromatic ring is 1. The Morgan fingerprint density at radius 2 is 1.84 bits per heavy atom. The molecule has 0 amide bonds. The second-order valence-electron chi connectivity index (χ2n) is 5.36. The first-order valence-corrected chi connectivity index (χ1v) is 6.87. The monoisotopic (exact) mass is 252 g/mol. The summed E-state index contributed by atoms with van der Waals surface area (Å²) in [5.41, 5.74) is 12.4. The predicted octanol–water partition coefficient (Wildman–Crippen LogP) is 3.14. The first-order chi connectivity index (χ1) is 9.24. The van der Waals surface area contributed by atoms with Gasteiger partial charge in [0, 0.05) is 25.3 Å². The lowest BCUT2D eigenvalue weighted by Crippen LogP contribution is -2.30. The van der Waals surface area contributed by atoms with E-state index in [2.05, 4.69) is 48.2 Å². The highest BCUT2D eigenvalue weighted by atomic mass is 15.1. The van der Waals surface area contributed by atoms with Crippen molar-refractivity contribution >= 4 is 5.69 Å². The average molecular weight is 252 g/mol. The van der Waals surface area contributed by atoms with Gasteiger partial charge in [-0.15, -0.1) is 0 Å². The van der Waals surface area contributed by atoms with E-state index >= 15 is 0 Å². The molecular weight excluding hydrogens is 232 g/mol. The maximum Gasteiger partial charge on any atom is 0.0346 e. The van der Waals surface area contributed by atoms with Gasteiger partial charge in [-0.2, -0.15) is 0 Å². The minimum Gasteiger partial charge on any atom is -0.399 e. The SMILES string of the molecule is Cc1c(N)cccc1CN1CCc2ccccc2C1. The van der Waals surface area contributed by atoms with Crippen LogP contribution in [0.15, 0.2) is 42.5 Å². The van der Waals surface area contributed by atoms with Crippen molar-refractivity contribution in [2.75, 3.05) is 12.3 Å². The Hall–Kier alpha value is -1.80. The van der Waals surface area contributed by atoms with Gasteiger partial charge in [-0.05, 0) is 41.7 Å². The fraction of sp³-hybridized carbons (Fsp3) is 0.294. The van der Waals surface area contributed by atoms with Gasteiger partial charge in [-0.3, -0.25) is 4.90 Å². The van der Waals surface area contributed by atoms with Crippen LogP contribution in [-0.4, -0.2) is 11.4 Å². The summed E-state index contributed by atoms with van der Waals surface area (Å²) < 4.78 is 0. The number of rotatable bonds is 2. The molecule has 1 heterocycles. The highest BCUT2D eigenvalue weighted by Gasteiger charge is 2.16. The van der Waals surface area contributed by atoms with E-state index in [0.29, 0.717) is 0 Å². The van der Waals surface area contributed by atoms with Crippen LogP contribution < -0.4 is 5.73 Å². The summed E-state index contributed by atoms with van der Waals surface area (Å²) in [6, 6.07) is 15.0. The van der Waals surface area contributed by atoms with Gasteiger partial charge in [-0.1, -0.05) is 36.4 Å². The zero-order valence-corrected chi connectivity index (χ0v) is 11.4. The lowest BCUT2D eigenvalue weighted by atomic mass is 9.99. The summed E-state index contributed by atoms with van der Waals surface area (Å²) in [6.07, 6.45) is 1.15. The summed E-state index contributed by atoms with van der Waals surface area (Å²) in [5, 5.41) is 0. The van der Waals surface area contributed by atoms with Gasteiger partial charge in [0.15, 0.2) is 0 Å².